The zero-order chi connectivity index (χ0) is 11.4. The summed E-state index contributed by atoms with van der Waals surface area (Å²) in [7, 11) is 1.44. The molecule has 5 nitrogen and oxygen atoms in total. The van der Waals surface area contributed by atoms with Crippen LogP contribution in [-0.2, 0) is 4.79 Å². The molecule has 0 saturated heterocycles. The Labute approximate surface area is 87.1 Å². The monoisotopic (exact) mass is 211 g/mol. The van der Waals surface area contributed by atoms with Gasteiger partial charge >= 0.3 is 5.97 Å². The number of carboxylic acid groups (broad SMARTS) is 1. The lowest BCUT2D eigenvalue weighted by molar-refractivity contribution is -0.137. The summed E-state index contributed by atoms with van der Waals surface area (Å²) < 4.78 is 5.00. The van der Waals surface area contributed by atoms with Gasteiger partial charge in [0.2, 0.25) is 0 Å². The summed E-state index contributed by atoms with van der Waals surface area (Å²) in [4.78, 5) is 10.5. The van der Waals surface area contributed by atoms with Crippen LogP contribution in [0.3, 0.4) is 0 Å². The molecule has 0 spiro atoms. The summed E-state index contributed by atoms with van der Waals surface area (Å²) in [5, 5.41) is 17.8. The number of phenols is 1. The van der Waals surface area contributed by atoms with E-state index in [0.29, 0.717) is 11.3 Å². The molecule has 0 amide bonds. The lowest BCUT2D eigenvalue weighted by Crippen LogP contribution is -2.15. The Balaban J connectivity index is 2.97. The topological polar surface area (TPSA) is 92.8 Å². The highest BCUT2D eigenvalue weighted by molar-refractivity contribution is 5.68. The normalized spacial score (nSPS) is 12.1. The zero-order valence-electron chi connectivity index (χ0n) is 8.30. The van der Waals surface area contributed by atoms with Gasteiger partial charge in [0, 0.05) is 17.7 Å². The highest BCUT2D eigenvalue weighted by Crippen LogP contribution is 2.29. The molecule has 1 atom stereocenters. The molecule has 5 heteroatoms. The van der Waals surface area contributed by atoms with Gasteiger partial charge in [-0.2, -0.15) is 0 Å². The van der Waals surface area contributed by atoms with E-state index in [4.69, 9.17) is 15.6 Å². The fourth-order valence-corrected chi connectivity index (χ4v) is 1.30. The third kappa shape index (κ3) is 2.85. The van der Waals surface area contributed by atoms with Gasteiger partial charge in [-0.15, -0.1) is 0 Å². The minimum absolute atomic E-state index is 0.0538. The largest absolute Gasteiger partial charge is 0.508 e. The highest BCUT2D eigenvalue weighted by Gasteiger charge is 2.15. The van der Waals surface area contributed by atoms with Gasteiger partial charge in [0.25, 0.3) is 0 Å². The van der Waals surface area contributed by atoms with Crippen LogP contribution < -0.4 is 10.5 Å². The maximum atomic E-state index is 10.5. The molecule has 1 aromatic carbocycles. The molecular weight excluding hydrogens is 198 g/mol. The van der Waals surface area contributed by atoms with E-state index in [0.717, 1.165) is 0 Å². The Hall–Kier alpha value is -1.75. The number of ether oxygens (including phenoxy) is 1. The summed E-state index contributed by atoms with van der Waals surface area (Å²) in [5.41, 5.74) is 6.25. The van der Waals surface area contributed by atoms with Crippen LogP contribution in [0.4, 0.5) is 0 Å². The van der Waals surface area contributed by atoms with Crippen LogP contribution >= 0.6 is 0 Å². The molecule has 0 bridgehead atoms. The van der Waals surface area contributed by atoms with Crippen LogP contribution in [0.2, 0.25) is 0 Å². The van der Waals surface area contributed by atoms with Gasteiger partial charge in [-0.25, -0.2) is 0 Å². The molecule has 0 saturated carbocycles. The first-order valence-corrected chi connectivity index (χ1v) is 4.39. The van der Waals surface area contributed by atoms with Crippen molar-refractivity contribution in [3.63, 3.8) is 0 Å². The van der Waals surface area contributed by atoms with Gasteiger partial charge in [-0.3, -0.25) is 4.79 Å². The molecule has 15 heavy (non-hydrogen) atoms. The number of methoxy groups -OCH3 is 1. The number of nitrogens with two attached hydrogens (primary N) is 1. The first kappa shape index (κ1) is 11.3. The number of carboxylic acids is 1. The van der Waals surface area contributed by atoms with Gasteiger partial charge < -0.3 is 20.7 Å². The maximum Gasteiger partial charge on any atom is 0.305 e. The Morgan fingerprint density at radius 2 is 2.27 bits per heavy atom. The molecule has 1 rings (SSSR count). The molecule has 0 aliphatic heterocycles. The van der Waals surface area contributed by atoms with Gasteiger partial charge in [0.05, 0.1) is 13.5 Å². The van der Waals surface area contributed by atoms with Crippen LogP contribution in [0.1, 0.15) is 18.0 Å². The number of phenolic OH excluding ortho intramolecular Hbond substituents is 1. The van der Waals surface area contributed by atoms with Crippen molar-refractivity contribution in [3.8, 4) is 11.5 Å². The second-order valence-electron chi connectivity index (χ2n) is 3.13. The Bertz CT molecular complexity index is 364. The third-order valence-electron chi connectivity index (χ3n) is 2.01. The van der Waals surface area contributed by atoms with Crippen molar-refractivity contribution in [2.75, 3.05) is 7.11 Å². The second kappa shape index (κ2) is 4.65. The summed E-state index contributed by atoms with van der Waals surface area (Å²) in [5.74, 6) is -0.528. The maximum absolute atomic E-state index is 10.5. The van der Waals surface area contributed by atoms with Gasteiger partial charge in [0.15, 0.2) is 0 Å². The minimum atomic E-state index is -0.974. The van der Waals surface area contributed by atoms with Crippen LogP contribution in [0.15, 0.2) is 18.2 Å². The average Bonchev–Trinajstić information content (AvgIpc) is 2.16. The standard InChI is InChI=1S/C10H13NO4/c1-15-9-4-6(12)2-3-7(9)8(11)5-10(13)14/h2-4,8,12H,5,11H2,1H3,(H,13,14)/t8-/m1/s1. The summed E-state index contributed by atoms with van der Waals surface area (Å²) in [6.45, 7) is 0. The number of rotatable bonds is 4. The number of benzene rings is 1. The number of aromatic hydroxyl groups is 1. The minimum Gasteiger partial charge on any atom is -0.508 e. The van der Waals surface area contributed by atoms with E-state index in [2.05, 4.69) is 0 Å². The summed E-state index contributed by atoms with van der Waals surface area (Å²) in [6.07, 6.45) is -0.179. The molecule has 0 unspecified atom stereocenters. The van der Waals surface area contributed by atoms with E-state index in [-0.39, 0.29) is 12.2 Å². The number of aliphatic carboxylic acids is 1. The molecule has 0 fully saturated rings. The lowest BCUT2D eigenvalue weighted by atomic mass is 10.0. The highest BCUT2D eigenvalue weighted by atomic mass is 16.5. The predicted molar refractivity (Wildman–Crippen MR) is 53.8 cm³/mol. The molecule has 0 radical (unpaired) electrons. The van der Waals surface area contributed by atoms with Crippen molar-refractivity contribution in [2.45, 2.75) is 12.5 Å². The van der Waals surface area contributed by atoms with Crippen molar-refractivity contribution in [2.24, 2.45) is 5.73 Å². The third-order valence-corrected chi connectivity index (χ3v) is 2.01. The molecule has 0 aliphatic carbocycles. The number of hydrogen-bond acceptors (Lipinski definition) is 4. The quantitative estimate of drug-likeness (QED) is 0.687. The fraction of sp³-hybridized carbons (Fsp3) is 0.300. The SMILES string of the molecule is COc1cc(O)ccc1[C@H](N)CC(=O)O. The van der Waals surface area contributed by atoms with E-state index in [1.54, 1.807) is 6.07 Å². The van der Waals surface area contributed by atoms with E-state index >= 15 is 0 Å². The van der Waals surface area contributed by atoms with Crippen LogP contribution in [0.25, 0.3) is 0 Å². The second-order valence-corrected chi connectivity index (χ2v) is 3.13. The fourth-order valence-electron chi connectivity index (χ4n) is 1.30. The van der Waals surface area contributed by atoms with Crippen LogP contribution in [0.5, 0.6) is 11.5 Å². The molecule has 0 aromatic heterocycles. The van der Waals surface area contributed by atoms with E-state index in [1.165, 1.54) is 19.2 Å². The summed E-state index contributed by atoms with van der Waals surface area (Å²) >= 11 is 0. The van der Waals surface area contributed by atoms with Crippen molar-refractivity contribution in [3.05, 3.63) is 23.8 Å². The first-order chi connectivity index (χ1) is 7.04. The lowest BCUT2D eigenvalue weighted by Gasteiger charge is -2.13. The summed E-state index contributed by atoms with van der Waals surface area (Å²) in [6, 6.07) is 3.76. The average molecular weight is 211 g/mol. The molecule has 0 aliphatic rings. The molecule has 1 aromatic rings. The van der Waals surface area contributed by atoms with Crippen molar-refractivity contribution in [1.82, 2.24) is 0 Å². The van der Waals surface area contributed by atoms with E-state index in [9.17, 15) is 9.90 Å². The van der Waals surface area contributed by atoms with Crippen molar-refractivity contribution >= 4 is 5.97 Å². The van der Waals surface area contributed by atoms with Crippen LogP contribution in [0, 0.1) is 0 Å². The van der Waals surface area contributed by atoms with E-state index in [1.807, 2.05) is 0 Å². The Kier molecular flexibility index (Phi) is 3.51. The number of hydrogen-bond donors (Lipinski definition) is 3. The van der Waals surface area contributed by atoms with Gasteiger partial charge in [-0.1, -0.05) is 6.07 Å². The molecular formula is C10H13NO4. The Morgan fingerprint density at radius 1 is 1.60 bits per heavy atom. The first-order valence-electron chi connectivity index (χ1n) is 4.39. The van der Waals surface area contributed by atoms with Crippen molar-refractivity contribution in [1.29, 1.82) is 0 Å². The van der Waals surface area contributed by atoms with Gasteiger partial charge in [0.1, 0.15) is 11.5 Å². The number of carbonyl (C=O) groups is 1. The smallest absolute Gasteiger partial charge is 0.305 e. The van der Waals surface area contributed by atoms with Crippen LogP contribution in [-0.4, -0.2) is 23.3 Å². The Morgan fingerprint density at radius 3 is 2.80 bits per heavy atom. The molecule has 82 valence electrons. The molecule has 4 N–H and O–H groups in total. The predicted octanol–water partition coefficient (Wildman–Crippen LogP) is 0.875. The van der Waals surface area contributed by atoms with Crippen molar-refractivity contribution < 1.29 is 19.7 Å². The van der Waals surface area contributed by atoms with Gasteiger partial charge in [-0.05, 0) is 6.07 Å². The zero-order valence-corrected chi connectivity index (χ0v) is 8.30. The van der Waals surface area contributed by atoms with E-state index < -0.39 is 12.0 Å². The molecule has 0 heterocycles.